The van der Waals surface area contributed by atoms with Gasteiger partial charge in [0, 0.05) is 0 Å². The minimum Gasteiger partial charge on any atom is -0.107 e. The van der Waals surface area contributed by atoms with Crippen molar-refractivity contribution in [2.24, 2.45) is 5.92 Å². The molecular weight excluding hydrogens is 147 g/mol. The van der Waals surface area contributed by atoms with E-state index in [1.54, 1.807) is 0 Å². The molecule has 0 aliphatic rings. The third kappa shape index (κ3) is 8.44. The van der Waals surface area contributed by atoms with Crippen LogP contribution >= 0.6 is 0 Å². The molecule has 0 heterocycles. The SMILES string of the molecule is CCCCC[CH]([Al])CC(C)C. The van der Waals surface area contributed by atoms with Gasteiger partial charge in [-0.2, -0.15) is 0 Å². The molecule has 0 aliphatic heterocycles. The molecule has 0 rings (SSSR count). The molecule has 0 aromatic carbocycles. The van der Waals surface area contributed by atoms with Crippen molar-refractivity contribution in [2.45, 2.75) is 57.7 Å². The molecule has 0 nitrogen and oxygen atoms in total. The molecule has 0 bridgehead atoms. The maximum atomic E-state index is 2.97. The molecule has 0 aliphatic carbocycles. The molecule has 1 unspecified atom stereocenters. The summed E-state index contributed by atoms with van der Waals surface area (Å²) in [7, 11) is 0. The van der Waals surface area contributed by atoms with E-state index in [0.29, 0.717) is 0 Å². The van der Waals surface area contributed by atoms with Gasteiger partial charge in [-0.05, 0) is 5.92 Å². The third-order valence-electron chi connectivity index (χ3n) is 1.95. The molecule has 0 aromatic heterocycles. The second-order valence-corrected chi connectivity index (χ2v) is 4.83. The van der Waals surface area contributed by atoms with Crippen LogP contribution in [0.3, 0.4) is 0 Å². The molecule has 1 heteroatoms. The third-order valence-corrected chi connectivity index (χ3v) is 2.56. The van der Waals surface area contributed by atoms with E-state index in [1.165, 1.54) is 32.1 Å². The maximum Gasteiger partial charge on any atom is 0.123 e. The first-order valence-corrected chi connectivity index (χ1v) is 5.59. The van der Waals surface area contributed by atoms with E-state index in [1.807, 2.05) is 0 Å². The fourth-order valence-corrected chi connectivity index (χ4v) is 2.16. The summed E-state index contributed by atoms with van der Waals surface area (Å²) in [5.74, 6) is 0.860. The molecule has 0 aromatic rings. The average molecular weight is 168 g/mol. The Kier molecular flexibility index (Phi) is 7.54. The van der Waals surface area contributed by atoms with E-state index in [4.69, 9.17) is 0 Å². The van der Waals surface area contributed by atoms with Crippen molar-refractivity contribution in [1.82, 2.24) is 0 Å². The zero-order chi connectivity index (χ0) is 8.69. The second kappa shape index (κ2) is 7.20. The second-order valence-electron chi connectivity index (χ2n) is 3.89. The Bertz CT molecular complexity index is 78.9. The van der Waals surface area contributed by atoms with E-state index in [-0.39, 0.29) is 0 Å². The van der Waals surface area contributed by atoms with Crippen LogP contribution in [0.15, 0.2) is 0 Å². The smallest absolute Gasteiger partial charge is 0.107 e. The predicted molar refractivity (Wildman–Crippen MR) is 53.1 cm³/mol. The summed E-state index contributed by atoms with van der Waals surface area (Å²) < 4.78 is 0.863. The summed E-state index contributed by atoms with van der Waals surface area (Å²) in [6, 6.07) is 0. The average Bonchev–Trinajstić information content (AvgIpc) is 1.86. The van der Waals surface area contributed by atoms with Gasteiger partial charge in [-0.1, -0.05) is 52.9 Å². The van der Waals surface area contributed by atoms with Crippen LogP contribution in [-0.4, -0.2) is 16.3 Å². The number of unbranched alkanes of at least 4 members (excludes halogenated alkanes) is 2. The summed E-state index contributed by atoms with van der Waals surface area (Å²) in [5, 5.41) is 0. The van der Waals surface area contributed by atoms with Gasteiger partial charge < -0.3 is 0 Å². The van der Waals surface area contributed by atoms with Crippen molar-refractivity contribution in [3.05, 3.63) is 0 Å². The van der Waals surface area contributed by atoms with Crippen LogP contribution in [-0.2, 0) is 0 Å². The largest absolute Gasteiger partial charge is 0.123 e. The highest BCUT2D eigenvalue weighted by Crippen LogP contribution is 2.20. The van der Waals surface area contributed by atoms with Gasteiger partial charge in [0.05, 0.1) is 0 Å². The van der Waals surface area contributed by atoms with Crippen molar-refractivity contribution < 1.29 is 0 Å². The molecule has 0 saturated heterocycles. The van der Waals surface area contributed by atoms with Crippen molar-refractivity contribution in [1.29, 1.82) is 0 Å². The van der Waals surface area contributed by atoms with Crippen LogP contribution in [0.4, 0.5) is 0 Å². The van der Waals surface area contributed by atoms with Gasteiger partial charge >= 0.3 is 0 Å². The topological polar surface area (TPSA) is 0 Å². The van der Waals surface area contributed by atoms with E-state index in [2.05, 4.69) is 37.1 Å². The molecule has 0 N–H and O–H groups in total. The van der Waals surface area contributed by atoms with Gasteiger partial charge in [-0.3, -0.25) is 0 Å². The highest BCUT2D eigenvalue weighted by molar-refractivity contribution is 6.11. The number of rotatable bonds is 6. The normalized spacial score (nSPS) is 13.8. The first kappa shape index (κ1) is 11.5. The standard InChI is InChI=1S/C10H21.Al/c1-4-5-6-7-8-9-10(2)3;/h8,10H,4-7,9H2,1-3H3;. The first-order valence-electron chi connectivity index (χ1n) is 4.92. The lowest BCUT2D eigenvalue weighted by Crippen LogP contribution is -1.98. The maximum absolute atomic E-state index is 2.97. The lowest BCUT2D eigenvalue weighted by Gasteiger charge is -2.13. The zero-order valence-corrected chi connectivity index (χ0v) is 9.42. The summed E-state index contributed by atoms with van der Waals surface area (Å²) in [4.78, 5) is 0. The summed E-state index contributed by atoms with van der Waals surface area (Å²) >= 11 is 2.97. The molecule has 0 amide bonds. The molecular formula is C10H21Al. The van der Waals surface area contributed by atoms with Crippen LogP contribution in [0.25, 0.3) is 0 Å². The van der Waals surface area contributed by atoms with E-state index >= 15 is 0 Å². The first-order chi connectivity index (χ1) is 5.16. The van der Waals surface area contributed by atoms with Crippen LogP contribution in [0.2, 0.25) is 4.78 Å². The van der Waals surface area contributed by atoms with Gasteiger partial charge in [0.2, 0.25) is 0 Å². The fraction of sp³-hybridized carbons (Fsp3) is 1.00. The lowest BCUT2D eigenvalue weighted by molar-refractivity contribution is 0.518. The predicted octanol–water partition coefficient (Wildman–Crippen LogP) is 3.57. The van der Waals surface area contributed by atoms with Gasteiger partial charge in [0.1, 0.15) is 16.3 Å². The zero-order valence-electron chi connectivity index (χ0n) is 8.27. The monoisotopic (exact) mass is 168 g/mol. The van der Waals surface area contributed by atoms with Crippen molar-refractivity contribution in [3.8, 4) is 0 Å². The molecule has 0 spiro atoms. The number of hydrogen-bond donors (Lipinski definition) is 0. The lowest BCUT2D eigenvalue weighted by atomic mass is 10.0. The Morgan fingerprint density at radius 3 is 2.27 bits per heavy atom. The van der Waals surface area contributed by atoms with Gasteiger partial charge in [0.15, 0.2) is 0 Å². The van der Waals surface area contributed by atoms with Crippen LogP contribution in [0, 0.1) is 5.92 Å². The van der Waals surface area contributed by atoms with E-state index in [9.17, 15) is 0 Å². The summed E-state index contributed by atoms with van der Waals surface area (Å²) in [5.41, 5.74) is 0. The molecule has 64 valence electrons. The molecule has 1 atom stereocenters. The van der Waals surface area contributed by atoms with Crippen molar-refractivity contribution in [3.63, 3.8) is 0 Å². The van der Waals surface area contributed by atoms with E-state index < -0.39 is 0 Å². The minimum atomic E-state index is 0.860. The van der Waals surface area contributed by atoms with Gasteiger partial charge in [-0.15, -0.1) is 4.78 Å². The van der Waals surface area contributed by atoms with Crippen LogP contribution in [0.1, 0.15) is 52.9 Å². The summed E-state index contributed by atoms with van der Waals surface area (Å²) in [6.45, 7) is 6.87. The van der Waals surface area contributed by atoms with Gasteiger partial charge in [-0.25, -0.2) is 0 Å². The Hall–Kier alpha value is 0.532. The Balaban J connectivity index is 3.15. The summed E-state index contributed by atoms with van der Waals surface area (Å²) in [6.07, 6.45) is 6.94. The Morgan fingerprint density at radius 2 is 1.82 bits per heavy atom. The Labute approximate surface area is 80.2 Å². The minimum absolute atomic E-state index is 0.860. The molecule has 11 heavy (non-hydrogen) atoms. The molecule has 0 fully saturated rings. The van der Waals surface area contributed by atoms with Crippen molar-refractivity contribution in [2.75, 3.05) is 0 Å². The highest BCUT2D eigenvalue weighted by Gasteiger charge is 2.02. The molecule has 2 radical (unpaired) electrons. The van der Waals surface area contributed by atoms with Crippen LogP contribution in [0.5, 0.6) is 0 Å². The Morgan fingerprint density at radius 1 is 1.18 bits per heavy atom. The quantitative estimate of drug-likeness (QED) is 0.420. The highest BCUT2D eigenvalue weighted by atomic mass is 27.0. The van der Waals surface area contributed by atoms with E-state index in [0.717, 1.165) is 10.7 Å². The fourth-order valence-electron chi connectivity index (χ4n) is 1.38. The van der Waals surface area contributed by atoms with Crippen LogP contribution < -0.4 is 0 Å². The number of hydrogen-bond acceptors (Lipinski definition) is 0. The van der Waals surface area contributed by atoms with Gasteiger partial charge in [0.25, 0.3) is 0 Å². The molecule has 0 saturated carbocycles. The van der Waals surface area contributed by atoms with Crippen molar-refractivity contribution >= 4 is 16.3 Å².